The third kappa shape index (κ3) is 6.30. The molecule has 0 heterocycles. The molecule has 0 aliphatic carbocycles. The lowest BCUT2D eigenvalue weighted by Gasteiger charge is -2.28. The lowest BCUT2D eigenvalue weighted by Crippen LogP contribution is -2.52. The molecule has 0 aliphatic heterocycles. The van der Waals surface area contributed by atoms with Crippen molar-refractivity contribution in [3.05, 3.63) is 30.3 Å². The summed E-state index contributed by atoms with van der Waals surface area (Å²) in [5.41, 5.74) is -0.536. The molecule has 112 valence electrons. The minimum Gasteiger partial charge on any atom is -0.394 e. The topological polar surface area (TPSA) is 61.4 Å². The van der Waals surface area contributed by atoms with Crippen molar-refractivity contribution in [2.75, 3.05) is 18.9 Å². The molecule has 0 fully saturated rings. The van der Waals surface area contributed by atoms with Crippen LogP contribution >= 0.6 is 11.8 Å². The van der Waals surface area contributed by atoms with Crippen molar-refractivity contribution in [3.63, 3.8) is 0 Å². The fourth-order valence-electron chi connectivity index (χ4n) is 1.90. The molecule has 3 N–H and O–H groups in total. The van der Waals surface area contributed by atoms with Gasteiger partial charge in [-0.1, -0.05) is 31.5 Å². The number of rotatable bonds is 8. The molecule has 1 aromatic rings. The Morgan fingerprint density at radius 1 is 1.35 bits per heavy atom. The third-order valence-electron chi connectivity index (χ3n) is 2.97. The van der Waals surface area contributed by atoms with E-state index in [4.69, 9.17) is 0 Å². The predicted octanol–water partition coefficient (Wildman–Crippen LogP) is 2.63. The molecule has 0 aliphatic rings. The Labute approximate surface area is 125 Å². The number of hydrogen-bond acceptors (Lipinski definition) is 3. The van der Waals surface area contributed by atoms with E-state index in [0.29, 0.717) is 6.54 Å². The van der Waals surface area contributed by atoms with Crippen molar-refractivity contribution in [2.45, 2.75) is 37.1 Å². The zero-order chi connectivity index (χ0) is 14.8. The molecule has 0 bridgehead atoms. The Balaban J connectivity index is 2.23. The van der Waals surface area contributed by atoms with Crippen LogP contribution in [0.15, 0.2) is 35.2 Å². The van der Waals surface area contributed by atoms with Crippen LogP contribution in [0, 0.1) is 0 Å². The van der Waals surface area contributed by atoms with Crippen molar-refractivity contribution in [2.24, 2.45) is 0 Å². The fourth-order valence-corrected chi connectivity index (χ4v) is 2.69. The van der Waals surface area contributed by atoms with Crippen LogP contribution in [-0.2, 0) is 0 Å². The minimum atomic E-state index is -0.536. The van der Waals surface area contributed by atoms with Crippen LogP contribution in [0.2, 0.25) is 0 Å². The highest BCUT2D eigenvalue weighted by Crippen LogP contribution is 2.15. The van der Waals surface area contributed by atoms with Gasteiger partial charge in [0, 0.05) is 17.2 Å². The summed E-state index contributed by atoms with van der Waals surface area (Å²) in [5, 5.41) is 15.0. The summed E-state index contributed by atoms with van der Waals surface area (Å²) >= 11 is 1.70. The standard InChI is InChI=1S/C15H24N2O2S/c1-3-9-15(2,12-18)17-14(19)16-10-11-20-13-7-5-4-6-8-13/h4-8,18H,3,9-12H2,1-2H3,(H2,16,17,19). The average molecular weight is 296 g/mol. The molecule has 1 aromatic carbocycles. The number of benzene rings is 1. The number of urea groups is 1. The molecule has 1 rings (SSSR count). The number of thioether (sulfide) groups is 1. The van der Waals surface area contributed by atoms with Crippen LogP contribution in [0.25, 0.3) is 0 Å². The van der Waals surface area contributed by atoms with Gasteiger partial charge in [0.1, 0.15) is 0 Å². The van der Waals surface area contributed by atoms with Crippen molar-refractivity contribution in [1.82, 2.24) is 10.6 Å². The molecule has 2 amide bonds. The maximum Gasteiger partial charge on any atom is 0.315 e. The van der Waals surface area contributed by atoms with Gasteiger partial charge in [0.15, 0.2) is 0 Å². The van der Waals surface area contributed by atoms with Crippen molar-refractivity contribution in [1.29, 1.82) is 0 Å². The van der Waals surface area contributed by atoms with E-state index in [-0.39, 0.29) is 12.6 Å². The zero-order valence-electron chi connectivity index (χ0n) is 12.2. The number of nitrogens with one attached hydrogen (secondary N) is 2. The van der Waals surface area contributed by atoms with E-state index >= 15 is 0 Å². The SMILES string of the molecule is CCCC(C)(CO)NC(=O)NCCSc1ccccc1. The maximum absolute atomic E-state index is 11.8. The Morgan fingerprint density at radius 2 is 2.05 bits per heavy atom. The van der Waals surface area contributed by atoms with Gasteiger partial charge in [0.25, 0.3) is 0 Å². The van der Waals surface area contributed by atoms with E-state index in [1.807, 2.05) is 32.0 Å². The third-order valence-corrected chi connectivity index (χ3v) is 3.98. The quantitative estimate of drug-likeness (QED) is 0.510. The molecule has 0 radical (unpaired) electrons. The van der Waals surface area contributed by atoms with E-state index in [1.54, 1.807) is 11.8 Å². The van der Waals surface area contributed by atoms with E-state index in [2.05, 4.69) is 22.8 Å². The van der Waals surface area contributed by atoms with Crippen molar-refractivity contribution in [3.8, 4) is 0 Å². The van der Waals surface area contributed by atoms with Crippen LogP contribution in [0.1, 0.15) is 26.7 Å². The summed E-state index contributed by atoms with van der Waals surface area (Å²) in [6.07, 6.45) is 1.68. The van der Waals surface area contributed by atoms with Crippen molar-refractivity contribution >= 4 is 17.8 Å². The lowest BCUT2D eigenvalue weighted by atomic mass is 9.98. The van der Waals surface area contributed by atoms with Gasteiger partial charge in [-0.05, 0) is 25.5 Å². The fraction of sp³-hybridized carbons (Fsp3) is 0.533. The highest BCUT2D eigenvalue weighted by molar-refractivity contribution is 7.99. The Morgan fingerprint density at radius 3 is 2.65 bits per heavy atom. The summed E-state index contributed by atoms with van der Waals surface area (Å²) in [6, 6.07) is 9.87. The van der Waals surface area contributed by atoms with Crippen LogP contribution in [0.4, 0.5) is 4.79 Å². The first-order valence-electron chi connectivity index (χ1n) is 6.94. The van der Waals surface area contributed by atoms with E-state index in [9.17, 15) is 9.90 Å². The number of carbonyl (C=O) groups is 1. The summed E-state index contributed by atoms with van der Waals surface area (Å²) in [6.45, 7) is 4.44. The highest BCUT2D eigenvalue weighted by Gasteiger charge is 2.23. The normalized spacial score (nSPS) is 13.6. The minimum absolute atomic E-state index is 0.0486. The first kappa shape index (κ1) is 16.9. The molecule has 1 atom stereocenters. The van der Waals surface area contributed by atoms with Gasteiger partial charge >= 0.3 is 6.03 Å². The summed E-state index contributed by atoms with van der Waals surface area (Å²) in [7, 11) is 0. The Kier molecular flexibility index (Phi) is 7.47. The molecule has 20 heavy (non-hydrogen) atoms. The molecule has 0 saturated carbocycles. The van der Waals surface area contributed by atoms with E-state index in [1.165, 1.54) is 4.90 Å². The largest absolute Gasteiger partial charge is 0.394 e. The molecule has 0 saturated heterocycles. The predicted molar refractivity (Wildman–Crippen MR) is 84.1 cm³/mol. The molecule has 0 aromatic heterocycles. The zero-order valence-corrected chi connectivity index (χ0v) is 13.0. The van der Waals surface area contributed by atoms with Crippen LogP contribution in [0.3, 0.4) is 0 Å². The molecule has 1 unspecified atom stereocenters. The Hall–Kier alpha value is -1.20. The lowest BCUT2D eigenvalue weighted by molar-refractivity contribution is 0.163. The molecule has 0 spiro atoms. The summed E-state index contributed by atoms with van der Waals surface area (Å²) in [5.74, 6) is 0.820. The van der Waals surface area contributed by atoms with Crippen LogP contribution in [-0.4, -0.2) is 35.6 Å². The van der Waals surface area contributed by atoms with Crippen LogP contribution in [0.5, 0.6) is 0 Å². The van der Waals surface area contributed by atoms with Gasteiger partial charge in [-0.3, -0.25) is 0 Å². The second-order valence-corrected chi connectivity index (χ2v) is 6.18. The van der Waals surface area contributed by atoms with Gasteiger partial charge < -0.3 is 15.7 Å². The summed E-state index contributed by atoms with van der Waals surface area (Å²) < 4.78 is 0. The Bertz CT molecular complexity index is 400. The van der Waals surface area contributed by atoms with Crippen LogP contribution < -0.4 is 10.6 Å². The first-order valence-corrected chi connectivity index (χ1v) is 7.93. The highest BCUT2D eigenvalue weighted by atomic mass is 32.2. The number of hydrogen-bond donors (Lipinski definition) is 3. The monoisotopic (exact) mass is 296 g/mol. The molecule has 5 heteroatoms. The van der Waals surface area contributed by atoms with E-state index < -0.39 is 5.54 Å². The maximum atomic E-state index is 11.8. The van der Waals surface area contributed by atoms with Gasteiger partial charge in [-0.2, -0.15) is 0 Å². The number of carbonyl (C=O) groups excluding carboxylic acids is 1. The average Bonchev–Trinajstić information content (AvgIpc) is 2.45. The second-order valence-electron chi connectivity index (χ2n) is 5.01. The first-order chi connectivity index (χ1) is 9.59. The molecule has 4 nitrogen and oxygen atoms in total. The van der Waals surface area contributed by atoms with Gasteiger partial charge in [-0.25, -0.2) is 4.79 Å². The number of aliphatic hydroxyl groups is 1. The van der Waals surface area contributed by atoms with Gasteiger partial charge in [-0.15, -0.1) is 11.8 Å². The van der Waals surface area contributed by atoms with Crippen molar-refractivity contribution < 1.29 is 9.90 Å². The number of aliphatic hydroxyl groups excluding tert-OH is 1. The van der Waals surface area contributed by atoms with Gasteiger partial charge in [0.05, 0.1) is 12.1 Å². The molecular weight excluding hydrogens is 272 g/mol. The summed E-state index contributed by atoms with van der Waals surface area (Å²) in [4.78, 5) is 13.0. The second kappa shape index (κ2) is 8.87. The molecular formula is C15H24N2O2S. The number of amides is 2. The van der Waals surface area contributed by atoms with Gasteiger partial charge in [0.2, 0.25) is 0 Å². The van der Waals surface area contributed by atoms with E-state index in [0.717, 1.165) is 18.6 Å². The smallest absolute Gasteiger partial charge is 0.315 e.